The molecule has 0 saturated carbocycles. The van der Waals surface area contributed by atoms with Crippen LogP contribution >= 0.6 is 11.6 Å². The van der Waals surface area contributed by atoms with Gasteiger partial charge in [0, 0.05) is 29.1 Å². The topological polar surface area (TPSA) is 81.7 Å². The van der Waals surface area contributed by atoms with E-state index in [9.17, 15) is 14.4 Å². The van der Waals surface area contributed by atoms with E-state index in [1.54, 1.807) is 30.3 Å². The third-order valence-corrected chi connectivity index (χ3v) is 4.84. The fraction of sp³-hybridized carbons (Fsp3) is 0.318. The minimum Gasteiger partial charge on any atom is -0.493 e. The maximum atomic E-state index is 12.3. The highest BCUT2D eigenvalue weighted by Gasteiger charge is 2.17. The predicted octanol–water partition coefficient (Wildman–Crippen LogP) is 4.12. The molecule has 0 aromatic heterocycles. The molecule has 6 nitrogen and oxygen atoms in total. The highest BCUT2D eigenvalue weighted by atomic mass is 35.5. The Morgan fingerprint density at radius 1 is 1.14 bits per heavy atom. The number of carbonyl (C=O) groups is 3. The van der Waals surface area contributed by atoms with E-state index in [-0.39, 0.29) is 24.7 Å². The number of carbonyl (C=O) groups excluding carboxylic acids is 3. The van der Waals surface area contributed by atoms with E-state index in [2.05, 4.69) is 5.32 Å². The van der Waals surface area contributed by atoms with Crippen molar-refractivity contribution in [2.45, 2.75) is 32.6 Å². The number of rotatable bonds is 8. The first-order chi connectivity index (χ1) is 13.9. The number of aryl methyl sites for hydroxylation is 2. The number of fused-ring (bicyclic) bond motifs is 1. The first kappa shape index (κ1) is 20.9. The lowest BCUT2D eigenvalue weighted by Crippen LogP contribution is -2.20. The second-order valence-corrected chi connectivity index (χ2v) is 7.30. The summed E-state index contributed by atoms with van der Waals surface area (Å²) in [5.41, 5.74) is 3.03. The minimum absolute atomic E-state index is 0.0271. The molecule has 0 spiro atoms. The smallest absolute Gasteiger partial charge is 0.306 e. The molecule has 0 fully saturated rings. The summed E-state index contributed by atoms with van der Waals surface area (Å²) >= 11 is 5.90. The summed E-state index contributed by atoms with van der Waals surface area (Å²) in [5, 5.41) is 3.41. The van der Waals surface area contributed by atoms with Crippen molar-refractivity contribution in [3.05, 3.63) is 58.1 Å². The van der Waals surface area contributed by atoms with Gasteiger partial charge >= 0.3 is 5.97 Å². The molecule has 0 aliphatic carbocycles. The molecule has 1 aliphatic rings. The van der Waals surface area contributed by atoms with Crippen molar-refractivity contribution >= 4 is 34.9 Å². The maximum absolute atomic E-state index is 12.3. The van der Waals surface area contributed by atoms with Crippen LogP contribution in [0.3, 0.4) is 0 Å². The van der Waals surface area contributed by atoms with E-state index < -0.39 is 5.97 Å². The van der Waals surface area contributed by atoms with Crippen LogP contribution in [0.1, 0.15) is 40.7 Å². The third kappa shape index (κ3) is 5.81. The Bertz CT molecular complexity index is 941. The zero-order valence-electron chi connectivity index (χ0n) is 16.1. The lowest BCUT2D eigenvalue weighted by Gasteiger charge is -2.17. The molecule has 3 rings (SSSR count). The maximum Gasteiger partial charge on any atom is 0.306 e. The average Bonchev–Trinajstić information content (AvgIpc) is 2.70. The van der Waals surface area contributed by atoms with Gasteiger partial charge in [-0.1, -0.05) is 11.6 Å². The van der Waals surface area contributed by atoms with Crippen LogP contribution < -0.4 is 10.1 Å². The molecular weight excluding hydrogens is 394 g/mol. The Morgan fingerprint density at radius 2 is 1.97 bits per heavy atom. The van der Waals surface area contributed by atoms with Crippen LogP contribution in [-0.4, -0.2) is 30.9 Å². The van der Waals surface area contributed by atoms with Gasteiger partial charge in [0.1, 0.15) is 5.75 Å². The number of Topliss-reactive ketones (excluding diaryl/α,β-unsaturated/α-hetero) is 1. The van der Waals surface area contributed by atoms with Crippen LogP contribution in [0.5, 0.6) is 5.75 Å². The number of anilines is 1. The largest absolute Gasteiger partial charge is 0.493 e. The van der Waals surface area contributed by atoms with E-state index in [0.29, 0.717) is 36.5 Å². The zero-order valence-corrected chi connectivity index (χ0v) is 16.9. The van der Waals surface area contributed by atoms with Gasteiger partial charge in [0.2, 0.25) is 5.91 Å². The number of nitrogens with one attached hydrogen (secondary N) is 1. The monoisotopic (exact) mass is 415 g/mol. The van der Waals surface area contributed by atoms with Gasteiger partial charge in [0.05, 0.1) is 6.61 Å². The number of ketones is 1. The van der Waals surface area contributed by atoms with Crippen LogP contribution in [0.4, 0.5) is 5.69 Å². The molecule has 0 saturated heterocycles. The van der Waals surface area contributed by atoms with E-state index in [0.717, 1.165) is 22.6 Å². The van der Waals surface area contributed by atoms with Gasteiger partial charge in [-0.05, 0) is 67.3 Å². The van der Waals surface area contributed by atoms with Crippen molar-refractivity contribution in [3.63, 3.8) is 0 Å². The Labute approximate surface area is 174 Å². The summed E-state index contributed by atoms with van der Waals surface area (Å²) in [6.45, 7) is 1.96. The number of halogens is 1. The molecule has 0 bridgehead atoms. The van der Waals surface area contributed by atoms with Crippen molar-refractivity contribution in [1.82, 2.24) is 0 Å². The molecule has 1 heterocycles. The van der Waals surface area contributed by atoms with Crippen LogP contribution in [0.25, 0.3) is 0 Å². The average molecular weight is 416 g/mol. The SMILES string of the molecule is Cc1cc(Cl)ccc1OCCCC(=O)OCC(=O)c1ccc2c(c1)CCC(=O)N2. The third-order valence-electron chi connectivity index (χ3n) is 4.61. The summed E-state index contributed by atoms with van der Waals surface area (Å²) in [6, 6.07) is 10.4. The molecule has 29 heavy (non-hydrogen) atoms. The van der Waals surface area contributed by atoms with Gasteiger partial charge in [0.25, 0.3) is 0 Å². The number of ether oxygens (including phenoxy) is 2. The van der Waals surface area contributed by atoms with Gasteiger partial charge in [-0.25, -0.2) is 0 Å². The highest BCUT2D eigenvalue weighted by Crippen LogP contribution is 2.24. The summed E-state index contributed by atoms with van der Waals surface area (Å²) in [6.07, 6.45) is 1.64. The number of benzene rings is 2. The van der Waals surface area contributed by atoms with E-state index >= 15 is 0 Å². The molecule has 0 radical (unpaired) electrons. The number of hydrogen-bond acceptors (Lipinski definition) is 5. The minimum atomic E-state index is -0.444. The predicted molar refractivity (Wildman–Crippen MR) is 110 cm³/mol. The van der Waals surface area contributed by atoms with Crippen LogP contribution in [0.2, 0.25) is 5.02 Å². The molecule has 2 aromatic carbocycles. The van der Waals surface area contributed by atoms with Gasteiger partial charge in [-0.15, -0.1) is 0 Å². The first-order valence-corrected chi connectivity index (χ1v) is 9.81. The van der Waals surface area contributed by atoms with Gasteiger partial charge in [-0.3, -0.25) is 14.4 Å². The Balaban J connectivity index is 1.40. The molecule has 2 aromatic rings. The number of hydrogen-bond donors (Lipinski definition) is 1. The van der Waals surface area contributed by atoms with Crippen molar-refractivity contribution in [2.24, 2.45) is 0 Å². The van der Waals surface area contributed by atoms with E-state index in [1.165, 1.54) is 0 Å². The van der Waals surface area contributed by atoms with Crippen LogP contribution in [0.15, 0.2) is 36.4 Å². The Morgan fingerprint density at radius 3 is 2.76 bits per heavy atom. The van der Waals surface area contributed by atoms with Crippen LogP contribution in [0, 0.1) is 6.92 Å². The molecule has 152 valence electrons. The Kier molecular flexibility index (Phi) is 6.88. The Hall–Kier alpha value is -2.86. The van der Waals surface area contributed by atoms with E-state index in [4.69, 9.17) is 21.1 Å². The lowest BCUT2D eigenvalue weighted by atomic mass is 9.99. The fourth-order valence-corrected chi connectivity index (χ4v) is 3.26. The van der Waals surface area contributed by atoms with Crippen molar-refractivity contribution in [2.75, 3.05) is 18.5 Å². The quantitative estimate of drug-likeness (QED) is 0.398. The summed E-state index contributed by atoms with van der Waals surface area (Å²) in [5.74, 6) is -0.0201. The second kappa shape index (κ2) is 9.56. The van der Waals surface area contributed by atoms with Gasteiger partial charge in [-0.2, -0.15) is 0 Å². The molecule has 1 aliphatic heterocycles. The van der Waals surface area contributed by atoms with E-state index in [1.807, 2.05) is 13.0 Å². The standard InChI is InChI=1S/C22H22ClNO5/c1-14-11-17(23)6-8-20(14)28-10-2-3-22(27)29-13-19(25)16-4-7-18-15(12-16)5-9-21(26)24-18/h4,6-8,11-12H,2-3,5,9-10,13H2,1H3,(H,24,26). The normalized spacial score (nSPS) is 12.7. The second-order valence-electron chi connectivity index (χ2n) is 6.87. The van der Waals surface area contributed by atoms with Crippen LogP contribution in [-0.2, 0) is 20.7 Å². The van der Waals surface area contributed by atoms with Gasteiger partial charge < -0.3 is 14.8 Å². The summed E-state index contributed by atoms with van der Waals surface area (Å²) < 4.78 is 10.7. The molecular formula is C22H22ClNO5. The summed E-state index contributed by atoms with van der Waals surface area (Å²) in [4.78, 5) is 35.5. The highest BCUT2D eigenvalue weighted by molar-refractivity contribution is 6.30. The van der Waals surface area contributed by atoms with Gasteiger partial charge in [0.15, 0.2) is 12.4 Å². The molecule has 1 N–H and O–H groups in total. The van der Waals surface area contributed by atoms with Crippen molar-refractivity contribution < 1.29 is 23.9 Å². The summed E-state index contributed by atoms with van der Waals surface area (Å²) in [7, 11) is 0. The number of amides is 1. The van der Waals surface area contributed by atoms with Crippen molar-refractivity contribution in [1.29, 1.82) is 0 Å². The molecule has 1 amide bonds. The van der Waals surface area contributed by atoms with Crippen molar-refractivity contribution in [3.8, 4) is 5.75 Å². The number of esters is 1. The molecule has 7 heteroatoms. The lowest BCUT2D eigenvalue weighted by molar-refractivity contribution is -0.142. The first-order valence-electron chi connectivity index (χ1n) is 9.43. The fourth-order valence-electron chi connectivity index (χ4n) is 3.03. The molecule has 0 unspecified atom stereocenters. The molecule has 0 atom stereocenters. The zero-order chi connectivity index (χ0) is 20.8.